The minimum absolute atomic E-state index is 0.134. The van der Waals surface area contributed by atoms with Crippen molar-refractivity contribution < 1.29 is 9.32 Å². The summed E-state index contributed by atoms with van der Waals surface area (Å²) in [6.45, 7) is 6.70. The summed E-state index contributed by atoms with van der Waals surface area (Å²) in [5, 5.41) is 11.1. The molecule has 3 rings (SSSR count). The monoisotopic (exact) mass is 353 g/mol. The minimum atomic E-state index is -0.171. The van der Waals surface area contributed by atoms with Crippen LogP contribution in [0.3, 0.4) is 0 Å². The van der Waals surface area contributed by atoms with E-state index in [0.717, 1.165) is 5.56 Å². The lowest BCUT2D eigenvalue weighted by Crippen LogP contribution is -2.14. The number of anilines is 1. The fraction of sp³-hybridized carbons (Fsp3) is 0.368. The predicted molar refractivity (Wildman–Crippen MR) is 97.7 cm³/mol. The van der Waals surface area contributed by atoms with E-state index in [-0.39, 0.29) is 17.7 Å². The van der Waals surface area contributed by atoms with Gasteiger partial charge in [0.05, 0.1) is 6.54 Å². The third-order valence-corrected chi connectivity index (χ3v) is 3.80. The highest BCUT2D eigenvalue weighted by molar-refractivity contribution is 5.89. The molecule has 0 saturated heterocycles. The Balaban J connectivity index is 1.50. The molecule has 0 fully saturated rings. The van der Waals surface area contributed by atoms with Crippen LogP contribution in [-0.4, -0.2) is 25.8 Å². The Morgan fingerprint density at radius 2 is 1.96 bits per heavy atom. The average Bonchev–Trinajstić information content (AvgIpc) is 3.23. The Morgan fingerprint density at radius 3 is 2.65 bits per heavy atom. The van der Waals surface area contributed by atoms with Crippen LogP contribution in [-0.2, 0) is 23.2 Å². The number of aryl methyl sites for hydroxylation is 1. The normalized spacial score (nSPS) is 11.5. The van der Waals surface area contributed by atoms with Crippen LogP contribution in [0, 0.1) is 0 Å². The summed E-state index contributed by atoms with van der Waals surface area (Å²) >= 11 is 0. The summed E-state index contributed by atoms with van der Waals surface area (Å²) in [7, 11) is 0. The van der Waals surface area contributed by atoms with Crippen LogP contribution in [0.1, 0.15) is 44.5 Å². The Kier molecular flexibility index (Phi) is 5.16. The maximum Gasteiger partial charge on any atom is 0.227 e. The number of rotatable bonds is 6. The van der Waals surface area contributed by atoms with E-state index >= 15 is 0 Å². The summed E-state index contributed by atoms with van der Waals surface area (Å²) < 4.78 is 6.99. The smallest absolute Gasteiger partial charge is 0.227 e. The number of nitrogens with zero attached hydrogens (tertiary/aromatic N) is 4. The molecule has 0 aliphatic rings. The van der Waals surface area contributed by atoms with E-state index in [0.29, 0.717) is 30.5 Å². The van der Waals surface area contributed by atoms with Crippen molar-refractivity contribution in [1.82, 2.24) is 19.9 Å². The number of aromatic nitrogens is 4. The molecule has 26 heavy (non-hydrogen) atoms. The molecule has 0 spiro atoms. The van der Waals surface area contributed by atoms with Gasteiger partial charge in [0.1, 0.15) is 0 Å². The molecule has 3 aromatic rings. The summed E-state index contributed by atoms with van der Waals surface area (Å²) in [5.74, 6) is 1.52. The third kappa shape index (κ3) is 4.78. The van der Waals surface area contributed by atoms with Gasteiger partial charge < -0.3 is 9.84 Å². The fourth-order valence-electron chi connectivity index (χ4n) is 2.37. The van der Waals surface area contributed by atoms with Crippen molar-refractivity contribution in [1.29, 1.82) is 0 Å². The highest BCUT2D eigenvalue weighted by Gasteiger charge is 2.21. The molecule has 0 bridgehead atoms. The topological polar surface area (TPSA) is 85.8 Å². The number of hydrogen-bond acceptors (Lipinski definition) is 5. The molecular formula is C19H23N5O2. The summed E-state index contributed by atoms with van der Waals surface area (Å²) in [6, 6.07) is 11.8. The molecule has 0 aliphatic carbocycles. The number of nitrogens with one attached hydrogen (secondary N) is 1. The molecule has 0 atom stereocenters. The van der Waals surface area contributed by atoms with Crippen LogP contribution in [0.15, 0.2) is 47.1 Å². The Hall–Kier alpha value is -2.96. The summed E-state index contributed by atoms with van der Waals surface area (Å²) in [5.41, 5.74) is 0.981. The van der Waals surface area contributed by atoms with E-state index in [2.05, 4.69) is 20.6 Å². The van der Waals surface area contributed by atoms with E-state index in [9.17, 15) is 4.79 Å². The molecule has 2 heterocycles. The zero-order valence-corrected chi connectivity index (χ0v) is 15.3. The first-order chi connectivity index (χ1) is 12.4. The van der Waals surface area contributed by atoms with E-state index in [4.69, 9.17) is 4.52 Å². The average molecular weight is 353 g/mol. The van der Waals surface area contributed by atoms with E-state index < -0.39 is 0 Å². The van der Waals surface area contributed by atoms with E-state index in [1.807, 2.05) is 57.3 Å². The molecule has 7 nitrogen and oxygen atoms in total. The SMILES string of the molecule is CC(C)(C)c1noc(CCC(=O)Nc2ccn(Cc3ccccc3)n2)n1. The second kappa shape index (κ2) is 7.51. The maximum absolute atomic E-state index is 12.1. The Bertz CT molecular complexity index is 861. The first-order valence-corrected chi connectivity index (χ1v) is 8.60. The molecule has 1 amide bonds. The van der Waals surface area contributed by atoms with Crippen LogP contribution in [0.25, 0.3) is 0 Å². The van der Waals surface area contributed by atoms with Gasteiger partial charge in [-0.3, -0.25) is 9.48 Å². The first kappa shape index (κ1) is 17.8. The van der Waals surface area contributed by atoms with Crippen molar-refractivity contribution in [3.05, 3.63) is 59.9 Å². The van der Waals surface area contributed by atoms with Crippen LogP contribution < -0.4 is 5.32 Å². The van der Waals surface area contributed by atoms with Gasteiger partial charge in [-0.1, -0.05) is 56.3 Å². The first-order valence-electron chi connectivity index (χ1n) is 8.60. The zero-order chi connectivity index (χ0) is 18.6. The number of amides is 1. The molecule has 0 saturated carbocycles. The van der Waals surface area contributed by atoms with Gasteiger partial charge in [-0.25, -0.2) is 0 Å². The molecule has 0 radical (unpaired) electrons. The lowest BCUT2D eigenvalue weighted by Gasteiger charge is -2.10. The van der Waals surface area contributed by atoms with Crippen LogP contribution in [0.4, 0.5) is 5.82 Å². The number of carbonyl (C=O) groups is 1. The van der Waals surface area contributed by atoms with Crippen molar-refractivity contribution in [2.45, 2.75) is 45.6 Å². The molecule has 2 aromatic heterocycles. The summed E-state index contributed by atoms with van der Waals surface area (Å²) in [6.07, 6.45) is 2.51. The van der Waals surface area contributed by atoms with Gasteiger partial charge >= 0.3 is 0 Å². The molecular weight excluding hydrogens is 330 g/mol. The zero-order valence-electron chi connectivity index (χ0n) is 15.3. The van der Waals surface area contributed by atoms with Gasteiger partial charge in [-0.05, 0) is 5.56 Å². The summed E-state index contributed by atoms with van der Waals surface area (Å²) in [4.78, 5) is 16.4. The third-order valence-electron chi connectivity index (χ3n) is 3.80. The Morgan fingerprint density at radius 1 is 1.19 bits per heavy atom. The second-order valence-corrected chi connectivity index (χ2v) is 7.19. The van der Waals surface area contributed by atoms with Crippen molar-refractivity contribution in [2.75, 3.05) is 5.32 Å². The van der Waals surface area contributed by atoms with Gasteiger partial charge in [0.2, 0.25) is 11.8 Å². The molecule has 0 aliphatic heterocycles. The van der Waals surface area contributed by atoms with Crippen molar-refractivity contribution >= 4 is 11.7 Å². The van der Waals surface area contributed by atoms with Gasteiger partial charge in [-0.2, -0.15) is 10.1 Å². The molecule has 7 heteroatoms. The van der Waals surface area contributed by atoms with Crippen LogP contribution >= 0.6 is 0 Å². The molecule has 1 aromatic carbocycles. The van der Waals surface area contributed by atoms with E-state index in [1.165, 1.54) is 0 Å². The highest BCUT2D eigenvalue weighted by atomic mass is 16.5. The van der Waals surface area contributed by atoms with Gasteiger partial charge in [0, 0.05) is 30.5 Å². The molecule has 136 valence electrons. The predicted octanol–water partition coefficient (Wildman–Crippen LogP) is 3.18. The van der Waals surface area contributed by atoms with Crippen molar-refractivity contribution in [3.63, 3.8) is 0 Å². The number of carbonyl (C=O) groups excluding carboxylic acids is 1. The largest absolute Gasteiger partial charge is 0.339 e. The minimum Gasteiger partial charge on any atom is -0.339 e. The molecule has 1 N–H and O–H groups in total. The quantitative estimate of drug-likeness (QED) is 0.735. The number of benzene rings is 1. The van der Waals surface area contributed by atoms with Gasteiger partial charge in [0.25, 0.3) is 0 Å². The number of hydrogen-bond donors (Lipinski definition) is 1. The van der Waals surface area contributed by atoms with E-state index in [1.54, 1.807) is 10.7 Å². The van der Waals surface area contributed by atoms with Crippen molar-refractivity contribution in [2.24, 2.45) is 0 Å². The lowest BCUT2D eigenvalue weighted by atomic mass is 9.96. The van der Waals surface area contributed by atoms with Crippen molar-refractivity contribution in [3.8, 4) is 0 Å². The second-order valence-electron chi connectivity index (χ2n) is 7.19. The lowest BCUT2D eigenvalue weighted by molar-refractivity contribution is -0.116. The highest BCUT2D eigenvalue weighted by Crippen LogP contribution is 2.18. The standard InChI is InChI=1S/C19H23N5O2/c1-19(2,3)18-21-17(26-23-18)10-9-16(25)20-15-11-12-24(22-15)13-14-7-5-4-6-8-14/h4-8,11-12H,9-10,13H2,1-3H3,(H,20,22,25). The van der Waals surface area contributed by atoms with Crippen LogP contribution in [0.2, 0.25) is 0 Å². The maximum atomic E-state index is 12.1. The van der Waals surface area contributed by atoms with Crippen LogP contribution in [0.5, 0.6) is 0 Å². The Labute approximate surface area is 152 Å². The van der Waals surface area contributed by atoms with Gasteiger partial charge in [-0.15, -0.1) is 0 Å². The fourth-order valence-corrected chi connectivity index (χ4v) is 2.37. The molecule has 0 unspecified atom stereocenters. The van der Waals surface area contributed by atoms with Gasteiger partial charge in [0.15, 0.2) is 11.6 Å².